The first-order chi connectivity index (χ1) is 9.48. The number of para-hydroxylation sites is 1. The number of nitrogens with one attached hydrogen (secondary N) is 1. The molecule has 1 heterocycles. The van der Waals surface area contributed by atoms with Gasteiger partial charge in [-0.05, 0) is 37.8 Å². The van der Waals surface area contributed by atoms with Gasteiger partial charge in [-0.15, -0.1) is 0 Å². The molecule has 20 heavy (non-hydrogen) atoms. The number of carboxylic acid groups (broad SMARTS) is 1. The van der Waals surface area contributed by atoms with Crippen LogP contribution < -0.4 is 10.2 Å². The Hall–Kier alpha value is -2.04. The number of nitrogens with zero attached hydrogens (tertiary/aromatic N) is 1. The molecule has 0 saturated heterocycles. The van der Waals surface area contributed by atoms with Gasteiger partial charge in [0.25, 0.3) is 0 Å². The van der Waals surface area contributed by atoms with Crippen molar-refractivity contribution in [1.29, 1.82) is 0 Å². The molecule has 1 aliphatic carbocycles. The lowest BCUT2D eigenvalue weighted by Crippen LogP contribution is -2.50. The molecule has 2 amide bonds. The van der Waals surface area contributed by atoms with Gasteiger partial charge in [0.15, 0.2) is 0 Å². The average Bonchev–Trinajstić information content (AvgIpc) is 3.14. The summed E-state index contributed by atoms with van der Waals surface area (Å²) >= 11 is 0. The maximum Gasteiger partial charge on any atom is 0.322 e. The van der Waals surface area contributed by atoms with E-state index in [0.29, 0.717) is 6.42 Å². The molecule has 0 spiro atoms. The molecular formula is C15H18N2O3. The molecule has 106 valence electrons. The first-order valence-corrected chi connectivity index (χ1v) is 6.89. The van der Waals surface area contributed by atoms with Gasteiger partial charge in [-0.2, -0.15) is 0 Å². The summed E-state index contributed by atoms with van der Waals surface area (Å²) in [5.41, 5.74) is 1.64. The Balaban J connectivity index is 1.88. The molecule has 1 aliphatic heterocycles. The van der Waals surface area contributed by atoms with E-state index in [2.05, 4.69) is 5.32 Å². The number of amides is 2. The third-order valence-corrected chi connectivity index (χ3v) is 4.15. The number of rotatable bonds is 2. The van der Waals surface area contributed by atoms with E-state index in [1.165, 1.54) is 0 Å². The first kappa shape index (κ1) is 13.0. The summed E-state index contributed by atoms with van der Waals surface area (Å²) in [6.45, 7) is 2.24. The van der Waals surface area contributed by atoms with Crippen molar-refractivity contribution >= 4 is 17.7 Å². The third kappa shape index (κ3) is 2.35. The minimum atomic E-state index is -0.852. The van der Waals surface area contributed by atoms with Crippen LogP contribution in [0.15, 0.2) is 24.3 Å². The molecule has 1 fully saturated rings. The smallest absolute Gasteiger partial charge is 0.322 e. The number of hydrogen-bond donors (Lipinski definition) is 2. The molecule has 2 aliphatic rings. The van der Waals surface area contributed by atoms with Crippen LogP contribution in [-0.4, -0.2) is 29.2 Å². The number of anilines is 1. The normalized spacial score (nSPS) is 22.9. The lowest BCUT2D eigenvalue weighted by molar-refractivity contribution is -0.141. The van der Waals surface area contributed by atoms with E-state index in [0.717, 1.165) is 24.1 Å². The minimum absolute atomic E-state index is 0.109. The van der Waals surface area contributed by atoms with Crippen LogP contribution in [-0.2, 0) is 11.2 Å². The lowest BCUT2D eigenvalue weighted by Gasteiger charge is -2.33. The van der Waals surface area contributed by atoms with Crippen molar-refractivity contribution in [2.75, 3.05) is 11.4 Å². The van der Waals surface area contributed by atoms with E-state index in [-0.39, 0.29) is 18.1 Å². The topological polar surface area (TPSA) is 69.6 Å². The molecule has 0 aromatic heterocycles. The molecule has 5 heteroatoms. The Labute approximate surface area is 117 Å². The standard InChI is InChI=1S/C15H18N2O3/c1-15(6-7-15)16-14(20)17-9-11(13(18)19)8-10-4-2-3-5-12(10)17/h2-5,11H,6-9H2,1H3,(H,16,20)(H,18,19). The van der Waals surface area contributed by atoms with Gasteiger partial charge in [0.1, 0.15) is 0 Å². The van der Waals surface area contributed by atoms with E-state index in [1.54, 1.807) is 4.90 Å². The van der Waals surface area contributed by atoms with Crippen molar-refractivity contribution < 1.29 is 14.7 Å². The summed E-state index contributed by atoms with van der Waals surface area (Å²) in [6, 6.07) is 7.33. The van der Waals surface area contributed by atoms with Crippen LogP contribution >= 0.6 is 0 Å². The van der Waals surface area contributed by atoms with Gasteiger partial charge in [-0.3, -0.25) is 9.69 Å². The second kappa shape index (κ2) is 4.51. The summed E-state index contributed by atoms with van der Waals surface area (Å²) < 4.78 is 0. The Kier molecular flexibility index (Phi) is 2.92. The molecule has 1 unspecified atom stereocenters. The zero-order valence-electron chi connectivity index (χ0n) is 11.4. The van der Waals surface area contributed by atoms with Crippen LogP contribution in [0.1, 0.15) is 25.3 Å². The number of benzene rings is 1. The first-order valence-electron chi connectivity index (χ1n) is 6.89. The number of carboxylic acids is 1. The molecule has 1 atom stereocenters. The maximum atomic E-state index is 12.4. The van der Waals surface area contributed by atoms with Gasteiger partial charge >= 0.3 is 12.0 Å². The predicted molar refractivity (Wildman–Crippen MR) is 74.8 cm³/mol. The maximum absolute atomic E-state index is 12.4. The fraction of sp³-hybridized carbons (Fsp3) is 0.467. The minimum Gasteiger partial charge on any atom is -0.481 e. The number of urea groups is 1. The van der Waals surface area contributed by atoms with E-state index < -0.39 is 11.9 Å². The fourth-order valence-corrected chi connectivity index (χ4v) is 2.59. The van der Waals surface area contributed by atoms with Crippen LogP contribution in [0.2, 0.25) is 0 Å². The van der Waals surface area contributed by atoms with Gasteiger partial charge in [0, 0.05) is 17.8 Å². The molecule has 0 radical (unpaired) electrons. The Morgan fingerprint density at radius 2 is 2.05 bits per heavy atom. The third-order valence-electron chi connectivity index (χ3n) is 4.15. The largest absolute Gasteiger partial charge is 0.481 e. The monoisotopic (exact) mass is 274 g/mol. The molecule has 1 aromatic rings. The van der Waals surface area contributed by atoms with Gasteiger partial charge < -0.3 is 10.4 Å². The van der Waals surface area contributed by atoms with Gasteiger partial charge in [-0.25, -0.2) is 4.79 Å². The van der Waals surface area contributed by atoms with Crippen LogP contribution in [0.25, 0.3) is 0 Å². The number of hydrogen-bond acceptors (Lipinski definition) is 2. The summed E-state index contributed by atoms with van der Waals surface area (Å²) in [6.07, 6.45) is 2.44. The second-order valence-electron chi connectivity index (χ2n) is 5.97. The second-order valence-corrected chi connectivity index (χ2v) is 5.97. The zero-order valence-corrected chi connectivity index (χ0v) is 11.4. The highest BCUT2D eigenvalue weighted by Crippen LogP contribution is 2.36. The quantitative estimate of drug-likeness (QED) is 0.866. The van der Waals surface area contributed by atoms with Crippen molar-refractivity contribution in [3.05, 3.63) is 29.8 Å². The van der Waals surface area contributed by atoms with Crippen molar-refractivity contribution in [3.8, 4) is 0 Å². The van der Waals surface area contributed by atoms with Crippen LogP contribution in [0.4, 0.5) is 10.5 Å². The SMILES string of the molecule is CC1(NC(=O)N2CC(C(=O)O)Cc3ccccc32)CC1. The summed E-state index contributed by atoms with van der Waals surface area (Å²) in [4.78, 5) is 25.2. The highest BCUT2D eigenvalue weighted by molar-refractivity contribution is 5.95. The molecular weight excluding hydrogens is 256 g/mol. The number of carbonyl (C=O) groups is 2. The van der Waals surface area contributed by atoms with E-state index >= 15 is 0 Å². The number of aliphatic carboxylic acids is 1. The van der Waals surface area contributed by atoms with Crippen LogP contribution in [0.5, 0.6) is 0 Å². The highest BCUT2D eigenvalue weighted by atomic mass is 16.4. The molecule has 3 rings (SSSR count). The summed E-state index contributed by atoms with van der Waals surface area (Å²) in [5, 5.41) is 12.2. The van der Waals surface area contributed by atoms with Crippen LogP contribution in [0, 0.1) is 5.92 Å². The number of fused-ring (bicyclic) bond motifs is 1. The Morgan fingerprint density at radius 3 is 2.70 bits per heavy atom. The Morgan fingerprint density at radius 1 is 1.35 bits per heavy atom. The predicted octanol–water partition coefficient (Wildman–Crippen LogP) is 2.01. The van der Waals surface area contributed by atoms with Gasteiger partial charge in [0.2, 0.25) is 0 Å². The van der Waals surface area contributed by atoms with Crippen molar-refractivity contribution in [2.24, 2.45) is 5.92 Å². The molecule has 1 saturated carbocycles. The number of carbonyl (C=O) groups excluding carboxylic acids is 1. The molecule has 1 aromatic carbocycles. The Bertz CT molecular complexity index is 566. The molecule has 5 nitrogen and oxygen atoms in total. The van der Waals surface area contributed by atoms with Crippen molar-refractivity contribution in [3.63, 3.8) is 0 Å². The van der Waals surface area contributed by atoms with Crippen LogP contribution in [0.3, 0.4) is 0 Å². The lowest BCUT2D eigenvalue weighted by atomic mass is 9.93. The molecule has 2 N–H and O–H groups in total. The van der Waals surface area contributed by atoms with Gasteiger partial charge in [0.05, 0.1) is 5.92 Å². The van der Waals surface area contributed by atoms with E-state index in [9.17, 15) is 14.7 Å². The zero-order chi connectivity index (χ0) is 14.3. The van der Waals surface area contributed by atoms with E-state index in [4.69, 9.17) is 0 Å². The fourth-order valence-electron chi connectivity index (χ4n) is 2.59. The molecule has 0 bridgehead atoms. The average molecular weight is 274 g/mol. The van der Waals surface area contributed by atoms with Crippen molar-refractivity contribution in [2.45, 2.75) is 31.7 Å². The highest BCUT2D eigenvalue weighted by Gasteiger charge is 2.41. The van der Waals surface area contributed by atoms with E-state index in [1.807, 2.05) is 31.2 Å². The summed E-state index contributed by atoms with van der Waals surface area (Å²) in [7, 11) is 0. The van der Waals surface area contributed by atoms with Crippen molar-refractivity contribution in [1.82, 2.24) is 5.32 Å². The van der Waals surface area contributed by atoms with Gasteiger partial charge in [-0.1, -0.05) is 18.2 Å². The summed E-state index contributed by atoms with van der Waals surface area (Å²) in [5.74, 6) is -1.39.